The van der Waals surface area contributed by atoms with Crippen LogP contribution in [0.5, 0.6) is 0 Å². The van der Waals surface area contributed by atoms with Crippen LogP contribution < -0.4 is 15.6 Å². The van der Waals surface area contributed by atoms with E-state index in [0.29, 0.717) is 5.02 Å². The first-order valence-electron chi connectivity index (χ1n) is 11.5. The summed E-state index contributed by atoms with van der Waals surface area (Å²) in [6.07, 6.45) is 1.84. The van der Waals surface area contributed by atoms with Gasteiger partial charge >= 0.3 is 5.91 Å². The minimum Gasteiger partial charge on any atom is -0.372 e. The second-order valence-corrected chi connectivity index (χ2v) is 8.67. The molecule has 1 fully saturated rings. The third-order valence-electron chi connectivity index (χ3n) is 6.05. The minimum absolute atomic E-state index is 0.267. The van der Waals surface area contributed by atoms with Gasteiger partial charge in [-0.05, 0) is 74.5 Å². The van der Waals surface area contributed by atoms with E-state index >= 15 is 0 Å². The third kappa shape index (κ3) is 5.52. The maximum atomic E-state index is 13.3. The zero-order valence-corrected chi connectivity index (χ0v) is 20.3. The van der Waals surface area contributed by atoms with E-state index in [0.717, 1.165) is 29.9 Å². The molecule has 2 N–H and O–H groups in total. The predicted octanol–water partition coefficient (Wildman–Crippen LogP) is 4.34. The molecule has 6 nitrogen and oxygen atoms in total. The third-order valence-corrected chi connectivity index (χ3v) is 6.30. The summed E-state index contributed by atoms with van der Waals surface area (Å²) in [7, 11) is 0. The summed E-state index contributed by atoms with van der Waals surface area (Å²) < 4.78 is 15.0. The summed E-state index contributed by atoms with van der Waals surface area (Å²) in [6, 6.07) is 19.0. The van der Waals surface area contributed by atoms with E-state index in [-0.39, 0.29) is 11.5 Å². The Labute approximate surface area is 209 Å². The molecule has 2 atom stereocenters. The van der Waals surface area contributed by atoms with Crippen LogP contribution in [0.3, 0.4) is 0 Å². The van der Waals surface area contributed by atoms with E-state index < -0.39 is 23.8 Å². The first-order valence-corrected chi connectivity index (χ1v) is 11.9. The van der Waals surface area contributed by atoms with Gasteiger partial charge in [-0.2, -0.15) is 0 Å². The molecule has 3 aromatic rings. The molecule has 0 unspecified atom stereocenters. The summed E-state index contributed by atoms with van der Waals surface area (Å²) in [6.45, 7) is 6.05. The van der Waals surface area contributed by atoms with Gasteiger partial charge in [0, 0.05) is 40.5 Å². The molecule has 0 radical (unpaired) electrons. The highest BCUT2D eigenvalue weighted by molar-refractivity contribution is 6.30. The molecule has 0 spiro atoms. The number of hydrogen-bond donors (Lipinski definition) is 2. The van der Waals surface area contributed by atoms with Gasteiger partial charge < -0.3 is 10.2 Å². The van der Waals surface area contributed by atoms with Gasteiger partial charge in [-0.1, -0.05) is 23.7 Å². The van der Waals surface area contributed by atoms with Gasteiger partial charge in [0.05, 0.1) is 0 Å². The Morgan fingerprint density at radius 3 is 2.26 bits per heavy atom. The maximum absolute atomic E-state index is 13.3. The van der Waals surface area contributed by atoms with Gasteiger partial charge in [-0.3, -0.25) is 9.59 Å². The minimum atomic E-state index is -0.875. The maximum Gasteiger partial charge on any atom is 0.304 e. The summed E-state index contributed by atoms with van der Waals surface area (Å²) in [5.41, 5.74) is 5.94. The number of hydrogen-bond acceptors (Lipinski definition) is 3. The van der Waals surface area contributed by atoms with E-state index in [9.17, 15) is 14.0 Å². The van der Waals surface area contributed by atoms with E-state index in [4.69, 9.17) is 11.6 Å². The van der Waals surface area contributed by atoms with Crippen molar-refractivity contribution >= 4 is 35.3 Å². The van der Waals surface area contributed by atoms with Gasteiger partial charge in [0.1, 0.15) is 5.82 Å². The number of halogens is 2. The van der Waals surface area contributed by atoms with Crippen LogP contribution in [-0.4, -0.2) is 41.8 Å². The van der Waals surface area contributed by atoms with Crippen molar-refractivity contribution in [2.24, 2.45) is 0 Å². The number of benzene rings is 3. The summed E-state index contributed by atoms with van der Waals surface area (Å²) in [5.74, 6) is -1.25. The number of amides is 2. The Hall–Kier alpha value is -3.71. The molecule has 35 heavy (non-hydrogen) atoms. The average molecular weight is 494 g/mol. The molecular weight excluding hydrogens is 467 g/mol. The molecule has 1 aliphatic rings. The molecule has 0 saturated carbocycles. The number of anilines is 1. The van der Waals surface area contributed by atoms with Crippen LogP contribution in [0.1, 0.15) is 41.4 Å². The SMILES string of the molecule is CCN(CC)c1ccc(/C=[N+]2\NC(=O)[C@H](NC(=O)c3ccc(F)cc3)[C@H]2c2ccc(Cl)cc2)cc1. The van der Waals surface area contributed by atoms with Crippen molar-refractivity contribution in [3.63, 3.8) is 0 Å². The van der Waals surface area contributed by atoms with Crippen LogP contribution in [0.2, 0.25) is 5.02 Å². The first-order chi connectivity index (χ1) is 16.9. The van der Waals surface area contributed by atoms with Crippen molar-refractivity contribution in [1.29, 1.82) is 0 Å². The van der Waals surface area contributed by atoms with Crippen LogP contribution in [0.4, 0.5) is 10.1 Å². The monoisotopic (exact) mass is 493 g/mol. The molecule has 0 aliphatic carbocycles. The van der Waals surface area contributed by atoms with Crippen LogP contribution in [0.15, 0.2) is 72.8 Å². The Kier molecular flexibility index (Phi) is 7.46. The normalized spacial score (nSPS) is 18.4. The second-order valence-electron chi connectivity index (χ2n) is 8.23. The molecule has 2 amide bonds. The van der Waals surface area contributed by atoms with E-state index in [2.05, 4.69) is 29.5 Å². The largest absolute Gasteiger partial charge is 0.372 e. The Morgan fingerprint density at radius 1 is 1.03 bits per heavy atom. The molecular formula is C27H27ClFN4O2+. The number of nitrogens with zero attached hydrogens (tertiary/aromatic N) is 2. The van der Waals surface area contributed by atoms with Gasteiger partial charge in [-0.25, -0.2) is 4.39 Å². The zero-order chi connectivity index (χ0) is 24.9. The van der Waals surface area contributed by atoms with Crippen molar-refractivity contribution in [2.75, 3.05) is 18.0 Å². The molecule has 0 aromatic heterocycles. The first kappa shape index (κ1) is 24.4. The van der Waals surface area contributed by atoms with Crippen LogP contribution >= 0.6 is 11.6 Å². The number of hydrazine groups is 1. The molecule has 1 aliphatic heterocycles. The van der Waals surface area contributed by atoms with Gasteiger partial charge in [-0.15, -0.1) is 10.1 Å². The molecule has 0 bridgehead atoms. The van der Waals surface area contributed by atoms with E-state index in [1.165, 1.54) is 24.3 Å². The van der Waals surface area contributed by atoms with Crippen LogP contribution in [-0.2, 0) is 4.79 Å². The number of nitrogens with one attached hydrogen (secondary N) is 2. The smallest absolute Gasteiger partial charge is 0.304 e. The lowest BCUT2D eigenvalue weighted by molar-refractivity contribution is -0.596. The van der Waals surface area contributed by atoms with Crippen molar-refractivity contribution < 1.29 is 18.7 Å². The molecule has 1 heterocycles. The van der Waals surface area contributed by atoms with Crippen molar-refractivity contribution in [3.8, 4) is 0 Å². The standard InChI is InChI=1S/C27H26ClFN4O2/c1-3-32(4-2)23-15-5-18(6-16-23)17-33-25(19-7-11-21(28)12-8-19)24(27(35)31-33)30-26(34)20-9-13-22(29)14-10-20/h5-17,24-25H,3-4H2,1-2H3,(H-,30,31,34,35)/p+1/t24-,25-/m1/s1. The summed E-state index contributed by atoms with van der Waals surface area (Å²) in [5, 5.41) is 3.38. The Morgan fingerprint density at radius 2 is 1.66 bits per heavy atom. The second kappa shape index (κ2) is 10.7. The lowest BCUT2D eigenvalue weighted by atomic mass is 9.99. The van der Waals surface area contributed by atoms with Crippen LogP contribution in [0, 0.1) is 5.82 Å². The number of carbonyl (C=O) groups is 2. The summed E-state index contributed by atoms with van der Waals surface area (Å²) in [4.78, 5) is 28.1. The zero-order valence-electron chi connectivity index (χ0n) is 19.5. The van der Waals surface area contributed by atoms with Crippen molar-refractivity contribution in [2.45, 2.75) is 25.9 Å². The highest BCUT2D eigenvalue weighted by Gasteiger charge is 2.47. The van der Waals surface area contributed by atoms with Gasteiger partial charge in [0.25, 0.3) is 5.91 Å². The van der Waals surface area contributed by atoms with Gasteiger partial charge in [0.2, 0.25) is 12.3 Å². The van der Waals surface area contributed by atoms with E-state index in [1.807, 2.05) is 42.6 Å². The van der Waals surface area contributed by atoms with Crippen molar-refractivity contribution in [3.05, 3.63) is 100 Å². The Balaban J connectivity index is 1.66. The lowest BCUT2D eigenvalue weighted by Gasteiger charge is -2.20. The topological polar surface area (TPSA) is 64.5 Å². The quantitative estimate of drug-likeness (QED) is 0.481. The predicted molar refractivity (Wildman–Crippen MR) is 135 cm³/mol. The van der Waals surface area contributed by atoms with Gasteiger partial charge in [0.15, 0.2) is 6.04 Å². The fourth-order valence-corrected chi connectivity index (χ4v) is 4.31. The fraction of sp³-hybridized carbons (Fsp3) is 0.222. The van der Waals surface area contributed by atoms with Crippen LogP contribution in [0.25, 0.3) is 0 Å². The molecule has 180 valence electrons. The number of rotatable bonds is 7. The lowest BCUT2D eigenvalue weighted by Crippen LogP contribution is -2.42. The fourth-order valence-electron chi connectivity index (χ4n) is 4.19. The highest BCUT2D eigenvalue weighted by Crippen LogP contribution is 2.27. The highest BCUT2D eigenvalue weighted by atomic mass is 35.5. The molecule has 4 rings (SSSR count). The number of carbonyl (C=O) groups excluding carboxylic acids is 2. The molecule has 3 aromatic carbocycles. The van der Waals surface area contributed by atoms with Crippen molar-refractivity contribution in [1.82, 2.24) is 10.7 Å². The van der Waals surface area contributed by atoms with E-state index in [1.54, 1.807) is 16.8 Å². The summed E-state index contributed by atoms with van der Waals surface area (Å²) >= 11 is 6.08. The molecule has 1 saturated heterocycles. The molecule has 8 heteroatoms. The Bertz CT molecular complexity index is 1220. The number of hydrazone groups is 1. The average Bonchev–Trinajstić information content (AvgIpc) is 3.16.